The van der Waals surface area contributed by atoms with E-state index in [4.69, 9.17) is 0 Å². The monoisotopic (exact) mass is 248 g/mol. The summed E-state index contributed by atoms with van der Waals surface area (Å²) in [6.07, 6.45) is 13.0. The highest BCUT2D eigenvalue weighted by molar-refractivity contribution is 5.11. The van der Waals surface area contributed by atoms with Crippen LogP contribution in [0.3, 0.4) is 0 Å². The Balaban J connectivity index is 2.26. The van der Waals surface area contributed by atoms with Crippen LogP contribution in [0.15, 0.2) is 24.5 Å². The molecule has 1 atom stereocenters. The minimum absolute atomic E-state index is 0.624. The summed E-state index contributed by atoms with van der Waals surface area (Å²) >= 11 is 0. The quantitative estimate of drug-likeness (QED) is 0.634. The molecular formula is C16H28N2. The molecule has 0 amide bonds. The van der Waals surface area contributed by atoms with E-state index in [1.165, 1.54) is 44.1 Å². The number of hydrogen-bond donors (Lipinski definition) is 1. The maximum atomic E-state index is 4.07. The molecule has 1 aromatic rings. The van der Waals surface area contributed by atoms with Crippen molar-refractivity contribution in [3.8, 4) is 0 Å². The second-order valence-corrected chi connectivity index (χ2v) is 5.02. The number of rotatable bonds is 10. The third kappa shape index (κ3) is 6.75. The summed E-state index contributed by atoms with van der Waals surface area (Å²) in [5.74, 6) is 0. The van der Waals surface area contributed by atoms with Crippen LogP contribution in [-0.4, -0.2) is 17.6 Å². The summed E-state index contributed by atoms with van der Waals surface area (Å²) in [5.41, 5.74) is 1.39. The van der Waals surface area contributed by atoms with Gasteiger partial charge in [0.25, 0.3) is 0 Å². The molecule has 0 aliphatic carbocycles. The maximum Gasteiger partial charge on any atom is 0.0270 e. The van der Waals surface area contributed by atoms with E-state index in [0.717, 1.165) is 13.0 Å². The predicted octanol–water partition coefficient (Wildman–Crippen LogP) is 3.96. The highest BCUT2D eigenvalue weighted by Crippen LogP contribution is 2.11. The van der Waals surface area contributed by atoms with Crippen molar-refractivity contribution in [2.24, 2.45) is 0 Å². The highest BCUT2D eigenvalue weighted by atomic mass is 14.9. The molecule has 0 aliphatic heterocycles. The zero-order valence-corrected chi connectivity index (χ0v) is 12.0. The van der Waals surface area contributed by atoms with Gasteiger partial charge in [0, 0.05) is 18.4 Å². The van der Waals surface area contributed by atoms with Crippen molar-refractivity contribution < 1.29 is 0 Å². The Morgan fingerprint density at radius 3 is 2.44 bits per heavy atom. The minimum Gasteiger partial charge on any atom is -0.314 e. The van der Waals surface area contributed by atoms with E-state index in [2.05, 4.69) is 36.3 Å². The molecule has 0 saturated heterocycles. The van der Waals surface area contributed by atoms with Crippen molar-refractivity contribution in [2.75, 3.05) is 6.54 Å². The lowest BCUT2D eigenvalue weighted by molar-refractivity contribution is 0.461. The van der Waals surface area contributed by atoms with Crippen LogP contribution >= 0.6 is 0 Å². The predicted molar refractivity (Wildman–Crippen MR) is 78.8 cm³/mol. The Morgan fingerprint density at radius 2 is 1.78 bits per heavy atom. The normalized spacial score (nSPS) is 12.6. The molecule has 1 N–H and O–H groups in total. The van der Waals surface area contributed by atoms with Crippen molar-refractivity contribution in [3.63, 3.8) is 0 Å². The summed E-state index contributed by atoms with van der Waals surface area (Å²) in [7, 11) is 0. The number of aromatic nitrogens is 1. The third-order valence-electron chi connectivity index (χ3n) is 3.38. The zero-order chi connectivity index (χ0) is 13.1. The van der Waals surface area contributed by atoms with Crippen LogP contribution in [-0.2, 0) is 6.42 Å². The lowest BCUT2D eigenvalue weighted by Gasteiger charge is -2.17. The van der Waals surface area contributed by atoms with E-state index in [9.17, 15) is 0 Å². The number of pyridine rings is 1. The first-order chi connectivity index (χ1) is 8.86. The fourth-order valence-corrected chi connectivity index (χ4v) is 2.36. The van der Waals surface area contributed by atoms with Gasteiger partial charge in [0.15, 0.2) is 0 Å². The van der Waals surface area contributed by atoms with E-state index in [-0.39, 0.29) is 0 Å². The average Bonchev–Trinajstić information content (AvgIpc) is 2.40. The molecule has 0 bridgehead atoms. The Morgan fingerprint density at radius 1 is 1.06 bits per heavy atom. The van der Waals surface area contributed by atoms with Gasteiger partial charge in [0.1, 0.15) is 0 Å². The summed E-state index contributed by atoms with van der Waals surface area (Å²) < 4.78 is 0. The molecule has 1 heterocycles. The first-order valence-corrected chi connectivity index (χ1v) is 7.49. The fraction of sp³-hybridized carbons (Fsp3) is 0.688. The van der Waals surface area contributed by atoms with Gasteiger partial charge in [-0.15, -0.1) is 0 Å². The van der Waals surface area contributed by atoms with Crippen molar-refractivity contribution in [2.45, 2.75) is 64.8 Å². The smallest absolute Gasteiger partial charge is 0.0270 e. The maximum absolute atomic E-state index is 4.07. The van der Waals surface area contributed by atoms with Gasteiger partial charge in [0.2, 0.25) is 0 Å². The molecule has 1 rings (SSSR count). The van der Waals surface area contributed by atoms with Gasteiger partial charge < -0.3 is 5.32 Å². The summed E-state index contributed by atoms with van der Waals surface area (Å²) in [4.78, 5) is 4.07. The van der Waals surface area contributed by atoms with Crippen LogP contribution in [0.4, 0.5) is 0 Å². The number of likely N-dealkylation sites (N-methyl/N-ethyl adjacent to an activating group) is 1. The second kappa shape index (κ2) is 10.1. The van der Waals surface area contributed by atoms with E-state index in [1.54, 1.807) is 0 Å². The molecule has 1 unspecified atom stereocenters. The number of nitrogens with one attached hydrogen (secondary N) is 1. The Hall–Kier alpha value is -0.890. The molecular weight excluding hydrogens is 220 g/mol. The Labute approximate surface area is 112 Å². The Bertz CT molecular complexity index is 284. The zero-order valence-electron chi connectivity index (χ0n) is 12.0. The molecule has 1 aromatic heterocycles. The highest BCUT2D eigenvalue weighted by Gasteiger charge is 2.07. The van der Waals surface area contributed by atoms with Crippen molar-refractivity contribution in [1.29, 1.82) is 0 Å². The molecule has 0 saturated carbocycles. The van der Waals surface area contributed by atoms with E-state index >= 15 is 0 Å². The molecule has 0 fully saturated rings. The summed E-state index contributed by atoms with van der Waals surface area (Å²) in [6, 6.07) is 4.88. The Kier molecular flexibility index (Phi) is 8.49. The fourth-order valence-electron chi connectivity index (χ4n) is 2.36. The van der Waals surface area contributed by atoms with Gasteiger partial charge in [-0.3, -0.25) is 4.98 Å². The molecule has 0 spiro atoms. The van der Waals surface area contributed by atoms with Gasteiger partial charge in [-0.2, -0.15) is 0 Å². The van der Waals surface area contributed by atoms with Crippen molar-refractivity contribution in [3.05, 3.63) is 30.1 Å². The van der Waals surface area contributed by atoms with Crippen molar-refractivity contribution >= 4 is 0 Å². The van der Waals surface area contributed by atoms with Gasteiger partial charge in [-0.05, 0) is 37.1 Å². The van der Waals surface area contributed by atoms with Crippen LogP contribution in [0.2, 0.25) is 0 Å². The number of nitrogens with zero attached hydrogens (tertiary/aromatic N) is 1. The first kappa shape index (κ1) is 15.2. The van der Waals surface area contributed by atoms with Gasteiger partial charge in [-0.25, -0.2) is 0 Å². The van der Waals surface area contributed by atoms with Gasteiger partial charge >= 0.3 is 0 Å². The SMILES string of the molecule is CCCCCCCC(Cc1ccncc1)NCC. The lowest BCUT2D eigenvalue weighted by Crippen LogP contribution is -2.30. The van der Waals surface area contributed by atoms with E-state index in [1.807, 2.05) is 12.4 Å². The topological polar surface area (TPSA) is 24.9 Å². The van der Waals surface area contributed by atoms with E-state index in [0.29, 0.717) is 6.04 Å². The number of unbranched alkanes of at least 4 members (excludes halogenated alkanes) is 4. The molecule has 18 heavy (non-hydrogen) atoms. The molecule has 102 valence electrons. The molecule has 0 radical (unpaired) electrons. The van der Waals surface area contributed by atoms with Crippen LogP contribution in [0.25, 0.3) is 0 Å². The first-order valence-electron chi connectivity index (χ1n) is 7.49. The number of hydrogen-bond acceptors (Lipinski definition) is 2. The van der Waals surface area contributed by atoms with Crippen LogP contribution in [0.5, 0.6) is 0 Å². The van der Waals surface area contributed by atoms with E-state index < -0.39 is 0 Å². The largest absolute Gasteiger partial charge is 0.314 e. The standard InChI is InChI=1S/C16H28N2/c1-3-5-6-7-8-9-16(18-4-2)14-15-10-12-17-13-11-15/h10-13,16,18H,3-9,14H2,1-2H3. The molecule has 0 aromatic carbocycles. The summed E-state index contributed by atoms with van der Waals surface area (Å²) in [6.45, 7) is 5.52. The third-order valence-corrected chi connectivity index (χ3v) is 3.38. The van der Waals surface area contributed by atoms with Crippen LogP contribution in [0, 0.1) is 0 Å². The molecule has 2 nitrogen and oxygen atoms in total. The van der Waals surface area contributed by atoms with Gasteiger partial charge in [-0.1, -0.05) is 46.0 Å². The van der Waals surface area contributed by atoms with Gasteiger partial charge in [0.05, 0.1) is 0 Å². The average molecular weight is 248 g/mol. The lowest BCUT2D eigenvalue weighted by atomic mass is 10.0. The van der Waals surface area contributed by atoms with Crippen LogP contribution in [0.1, 0.15) is 57.9 Å². The molecule has 0 aliphatic rings. The van der Waals surface area contributed by atoms with Crippen LogP contribution < -0.4 is 5.32 Å². The second-order valence-electron chi connectivity index (χ2n) is 5.02. The molecule has 2 heteroatoms. The minimum atomic E-state index is 0.624. The summed E-state index contributed by atoms with van der Waals surface area (Å²) in [5, 5.41) is 3.60. The van der Waals surface area contributed by atoms with Crippen molar-refractivity contribution in [1.82, 2.24) is 10.3 Å².